The lowest BCUT2D eigenvalue weighted by atomic mass is 9.88. The zero-order valence-electron chi connectivity index (χ0n) is 16.4. The average molecular weight is 363 g/mol. The second-order valence-electron chi connectivity index (χ2n) is 6.70. The molecular formula is C28H26. The van der Waals surface area contributed by atoms with Crippen LogP contribution < -0.4 is 0 Å². The SMILES string of the molecule is C=C/C=C(C)\C=C/CC(=C(c1ccccc1)c1ccccc1)c1ccccc1. The molecule has 138 valence electrons. The van der Waals surface area contributed by atoms with Gasteiger partial charge in [-0.15, -0.1) is 0 Å². The lowest BCUT2D eigenvalue weighted by molar-refractivity contribution is 1.36. The minimum atomic E-state index is 0.853. The molecule has 0 heteroatoms. The van der Waals surface area contributed by atoms with Crippen molar-refractivity contribution in [2.45, 2.75) is 13.3 Å². The van der Waals surface area contributed by atoms with Crippen molar-refractivity contribution in [2.75, 3.05) is 0 Å². The second-order valence-corrected chi connectivity index (χ2v) is 6.70. The molecule has 0 radical (unpaired) electrons. The molecule has 0 saturated carbocycles. The molecule has 0 atom stereocenters. The van der Waals surface area contributed by atoms with E-state index < -0.39 is 0 Å². The quantitative estimate of drug-likeness (QED) is 0.298. The summed E-state index contributed by atoms with van der Waals surface area (Å²) in [5.74, 6) is 0. The van der Waals surface area contributed by atoms with Gasteiger partial charge in [0.1, 0.15) is 0 Å². The molecule has 0 heterocycles. The largest absolute Gasteiger partial charge is 0.0991 e. The van der Waals surface area contributed by atoms with Crippen LogP contribution in [0.4, 0.5) is 0 Å². The molecule has 0 aliphatic heterocycles. The first kappa shape index (κ1) is 19.4. The monoisotopic (exact) mass is 362 g/mol. The number of hydrogen-bond donors (Lipinski definition) is 0. The van der Waals surface area contributed by atoms with E-state index in [2.05, 4.69) is 117 Å². The molecule has 0 fully saturated rings. The molecule has 3 aromatic carbocycles. The predicted octanol–water partition coefficient (Wildman–Crippen LogP) is 7.72. The second kappa shape index (κ2) is 10.1. The van der Waals surface area contributed by atoms with E-state index in [1.54, 1.807) is 0 Å². The molecule has 0 bridgehead atoms. The van der Waals surface area contributed by atoms with Gasteiger partial charge in [-0.3, -0.25) is 0 Å². The van der Waals surface area contributed by atoms with E-state index in [0.29, 0.717) is 0 Å². The molecule has 0 nitrogen and oxygen atoms in total. The van der Waals surface area contributed by atoms with E-state index in [1.807, 2.05) is 12.2 Å². The summed E-state index contributed by atoms with van der Waals surface area (Å²) in [7, 11) is 0. The van der Waals surface area contributed by atoms with Gasteiger partial charge in [-0.1, -0.05) is 127 Å². The summed E-state index contributed by atoms with van der Waals surface area (Å²) < 4.78 is 0. The summed E-state index contributed by atoms with van der Waals surface area (Å²) in [6.07, 6.45) is 9.11. The van der Waals surface area contributed by atoms with Crippen molar-refractivity contribution >= 4 is 11.1 Å². The summed E-state index contributed by atoms with van der Waals surface area (Å²) in [6, 6.07) is 32.0. The van der Waals surface area contributed by atoms with Crippen molar-refractivity contribution in [3.05, 3.63) is 144 Å². The van der Waals surface area contributed by atoms with Gasteiger partial charge in [0, 0.05) is 0 Å². The van der Waals surface area contributed by atoms with Crippen molar-refractivity contribution in [3.63, 3.8) is 0 Å². The maximum Gasteiger partial charge on any atom is -0.00702 e. The molecule has 0 N–H and O–H groups in total. The summed E-state index contributed by atoms with van der Waals surface area (Å²) in [4.78, 5) is 0. The van der Waals surface area contributed by atoms with Crippen molar-refractivity contribution in [3.8, 4) is 0 Å². The molecule has 0 amide bonds. The van der Waals surface area contributed by atoms with E-state index in [9.17, 15) is 0 Å². The van der Waals surface area contributed by atoms with Gasteiger partial charge in [0.15, 0.2) is 0 Å². The van der Waals surface area contributed by atoms with E-state index in [4.69, 9.17) is 0 Å². The minimum absolute atomic E-state index is 0.853. The Balaban J connectivity index is 2.18. The van der Waals surface area contributed by atoms with Crippen molar-refractivity contribution in [2.24, 2.45) is 0 Å². The van der Waals surface area contributed by atoms with Gasteiger partial charge >= 0.3 is 0 Å². The van der Waals surface area contributed by atoms with E-state index >= 15 is 0 Å². The highest BCUT2D eigenvalue weighted by Gasteiger charge is 2.12. The first-order chi connectivity index (χ1) is 13.8. The van der Waals surface area contributed by atoms with Crippen LogP contribution in [0.2, 0.25) is 0 Å². The van der Waals surface area contributed by atoms with Crippen LogP contribution in [0.1, 0.15) is 30.0 Å². The summed E-state index contributed by atoms with van der Waals surface area (Å²) in [6.45, 7) is 5.88. The molecule has 0 unspecified atom stereocenters. The third-order valence-corrected chi connectivity index (χ3v) is 4.63. The van der Waals surface area contributed by atoms with Gasteiger partial charge < -0.3 is 0 Å². The van der Waals surface area contributed by atoms with Gasteiger partial charge in [0.25, 0.3) is 0 Å². The van der Waals surface area contributed by atoms with Gasteiger partial charge in [-0.2, -0.15) is 0 Å². The fourth-order valence-corrected chi connectivity index (χ4v) is 3.33. The lowest BCUT2D eigenvalue weighted by Crippen LogP contribution is -1.95. The molecule has 0 aliphatic rings. The molecule has 0 spiro atoms. The molecular weight excluding hydrogens is 336 g/mol. The fraction of sp³-hybridized carbons (Fsp3) is 0.0714. The van der Waals surface area contributed by atoms with E-state index in [-0.39, 0.29) is 0 Å². The minimum Gasteiger partial charge on any atom is -0.0991 e. The zero-order chi connectivity index (χ0) is 19.6. The highest BCUT2D eigenvalue weighted by atomic mass is 14.2. The first-order valence-corrected chi connectivity index (χ1v) is 9.65. The van der Waals surface area contributed by atoms with E-state index in [1.165, 1.54) is 33.4 Å². The van der Waals surface area contributed by atoms with Gasteiger partial charge in [-0.05, 0) is 41.2 Å². The van der Waals surface area contributed by atoms with Crippen LogP contribution >= 0.6 is 0 Å². The Hall–Kier alpha value is -3.38. The molecule has 0 aromatic heterocycles. The number of allylic oxidation sites excluding steroid dienone is 6. The normalized spacial score (nSPS) is 11.4. The van der Waals surface area contributed by atoms with Crippen LogP contribution in [0, 0.1) is 0 Å². The van der Waals surface area contributed by atoms with Crippen LogP contribution in [0.25, 0.3) is 11.1 Å². The Morgan fingerprint density at radius 3 is 1.64 bits per heavy atom. The molecule has 28 heavy (non-hydrogen) atoms. The fourth-order valence-electron chi connectivity index (χ4n) is 3.33. The van der Waals surface area contributed by atoms with Crippen molar-refractivity contribution in [1.82, 2.24) is 0 Å². The summed E-state index contributed by atoms with van der Waals surface area (Å²) >= 11 is 0. The van der Waals surface area contributed by atoms with Crippen LogP contribution in [-0.4, -0.2) is 0 Å². The molecule has 0 saturated heterocycles. The van der Waals surface area contributed by atoms with Crippen LogP contribution in [0.5, 0.6) is 0 Å². The third-order valence-electron chi connectivity index (χ3n) is 4.63. The number of hydrogen-bond acceptors (Lipinski definition) is 0. The Morgan fingerprint density at radius 1 is 0.714 bits per heavy atom. The maximum absolute atomic E-state index is 3.78. The summed E-state index contributed by atoms with van der Waals surface area (Å²) in [5, 5.41) is 0. The van der Waals surface area contributed by atoms with Crippen LogP contribution in [-0.2, 0) is 0 Å². The van der Waals surface area contributed by atoms with Gasteiger partial charge in [0.05, 0.1) is 0 Å². The van der Waals surface area contributed by atoms with Gasteiger partial charge in [-0.25, -0.2) is 0 Å². The average Bonchev–Trinajstić information content (AvgIpc) is 2.75. The zero-order valence-corrected chi connectivity index (χ0v) is 16.4. The highest BCUT2D eigenvalue weighted by Crippen LogP contribution is 2.34. The number of rotatable bonds is 7. The smallest absolute Gasteiger partial charge is 0.00702 e. The lowest BCUT2D eigenvalue weighted by Gasteiger charge is -2.16. The molecule has 0 aliphatic carbocycles. The van der Waals surface area contributed by atoms with Crippen LogP contribution in [0.3, 0.4) is 0 Å². The first-order valence-electron chi connectivity index (χ1n) is 9.65. The topological polar surface area (TPSA) is 0 Å². The maximum atomic E-state index is 3.78. The Morgan fingerprint density at radius 2 is 1.18 bits per heavy atom. The highest BCUT2D eigenvalue weighted by molar-refractivity contribution is 5.98. The predicted molar refractivity (Wildman–Crippen MR) is 123 cm³/mol. The standard InChI is InChI=1S/C28H26/c1-3-14-23(2)15-13-22-27(24-16-7-4-8-17-24)28(25-18-9-5-10-19-25)26-20-11-6-12-21-26/h3-21H,1,22H2,2H3/b15-13-,23-14-. The Labute approximate surface area is 168 Å². The van der Waals surface area contributed by atoms with Gasteiger partial charge in [0.2, 0.25) is 0 Å². The third kappa shape index (κ3) is 5.08. The molecule has 3 aromatic rings. The Bertz CT molecular complexity index is 930. The van der Waals surface area contributed by atoms with Crippen molar-refractivity contribution < 1.29 is 0 Å². The van der Waals surface area contributed by atoms with Crippen LogP contribution in [0.15, 0.2) is 127 Å². The number of benzene rings is 3. The summed E-state index contributed by atoms with van der Waals surface area (Å²) in [5.41, 5.74) is 7.52. The van der Waals surface area contributed by atoms with E-state index in [0.717, 1.165) is 6.42 Å². The molecule has 3 rings (SSSR count). The Kier molecular flexibility index (Phi) is 6.98. The van der Waals surface area contributed by atoms with Crippen molar-refractivity contribution in [1.29, 1.82) is 0 Å².